The van der Waals surface area contributed by atoms with Crippen LogP contribution in [0, 0.1) is 21.4 Å². The summed E-state index contributed by atoms with van der Waals surface area (Å²) in [5, 5.41) is 22.2. The van der Waals surface area contributed by atoms with E-state index in [9.17, 15) is 19.7 Å². The van der Waals surface area contributed by atoms with E-state index in [0.717, 1.165) is 6.07 Å². The van der Waals surface area contributed by atoms with Gasteiger partial charge in [-0.25, -0.2) is 4.79 Å². The minimum Gasteiger partial charge on any atom is -0.452 e. The maximum absolute atomic E-state index is 11.9. The number of hydrogen-bond donors (Lipinski definition) is 1. The predicted octanol–water partition coefficient (Wildman–Crippen LogP) is 2.92. The Hall–Kier alpha value is -3.44. The fourth-order valence-electron chi connectivity index (χ4n) is 1.88. The van der Waals surface area contributed by atoms with Gasteiger partial charge >= 0.3 is 5.97 Å². The van der Waals surface area contributed by atoms with Gasteiger partial charge in [0.2, 0.25) is 0 Å². The Bertz CT molecular complexity index is 892. The standard InChI is InChI=1S/C16H10ClN3O5/c17-12-4-5-13(14(7-12)20(23)24)19-15(21)9-25-16(22)11-3-1-2-10(6-11)8-18/h1-7H,9H2,(H,19,21). The van der Waals surface area contributed by atoms with Gasteiger partial charge < -0.3 is 10.1 Å². The van der Waals surface area contributed by atoms with Crippen molar-refractivity contribution in [1.82, 2.24) is 0 Å². The summed E-state index contributed by atoms with van der Waals surface area (Å²) in [5.74, 6) is -1.55. The molecule has 1 amide bonds. The van der Waals surface area contributed by atoms with Gasteiger partial charge in [-0.05, 0) is 30.3 Å². The minimum absolute atomic E-state index is 0.0677. The summed E-state index contributed by atoms with van der Waals surface area (Å²) in [4.78, 5) is 33.9. The van der Waals surface area contributed by atoms with E-state index in [1.54, 1.807) is 0 Å². The molecule has 8 nitrogen and oxygen atoms in total. The second-order valence-electron chi connectivity index (χ2n) is 4.74. The third-order valence-electron chi connectivity index (χ3n) is 2.99. The van der Waals surface area contributed by atoms with Crippen LogP contribution in [0.15, 0.2) is 42.5 Å². The monoisotopic (exact) mass is 359 g/mol. The first-order valence-electron chi connectivity index (χ1n) is 6.82. The predicted molar refractivity (Wildman–Crippen MR) is 88.2 cm³/mol. The molecule has 0 unspecified atom stereocenters. The summed E-state index contributed by atoms with van der Waals surface area (Å²) in [6, 6.07) is 11.4. The van der Waals surface area contributed by atoms with Gasteiger partial charge in [0.1, 0.15) is 5.69 Å². The second-order valence-corrected chi connectivity index (χ2v) is 5.17. The number of rotatable bonds is 5. The summed E-state index contributed by atoms with van der Waals surface area (Å²) < 4.78 is 4.83. The molecule has 0 heterocycles. The average molecular weight is 360 g/mol. The minimum atomic E-state index is -0.794. The molecule has 2 rings (SSSR count). The van der Waals surface area contributed by atoms with Crippen LogP contribution in [0.2, 0.25) is 5.02 Å². The van der Waals surface area contributed by atoms with Gasteiger partial charge in [0.15, 0.2) is 6.61 Å². The number of nitriles is 1. The zero-order chi connectivity index (χ0) is 18.4. The molecule has 0 bridgehead atoms. The lowest BCUT2D eigenvalue weighted by molar-refractivity contribution is -0.383. The van der Waals surface area contributed by atoms with Crippen molar-refractivity contribution in [2.45, 2.75) is 0 Å². The SMILES string of the molecule is N#Cc1cccc(C(=O)OCC(=O)Nc2ccc(Cl)cc2[N+](=O)[O-])c1. The Labute approximate surface area is 146 Å². The molecule has 2 aromatic rings. The van der Waals surface area contributed by atoms with E-state index in [0.29, 0.717) is 0 Å². The lowest BCUT2D eigenvalue weighted by Crippen LogP contribution is -2.21. The van der Waals surface area contributed by atoms with E-state index in [4.69, 9.17) is 21.6 Å². The molecule has 0 aliphatic carbocycles. The fraction of sp³-hybridized carbons (Fsp3) is 0.0625. The van der Waals surface area contributed by atoms with Gasteiger partial charge in [0.25, 0.3) is 11.6 Å². The molecule has 1 N–H and O–H groups in total. The number of carbonyl (C=O) groups excluding carboxylic acids is 2. The second kappa shape index (κ2) is 7.90. The molecule has 0 radical (unpaired) electrons. The van der Waals surface area contributed by atoms with Crippen LogP contribution in [0.4, 0.5) is 11.4 Å². The maximum atomic E-state index is 11.9. The van der Waals surface area contributed by atoms with E-state index < -0.39 is 23.4 Å². The fourth-order valence-corrected chi connectivity index (χ4v) is 2.04. The van der Waals surface area contributed by atoms with Crippen LogP contribution in [0.25, 0.3) is 0 Å². The topological polar surface area (TPSA) is 122 Å². The van der Waals surface area contributed by atoms with Gasteiger partial charge in [0.05, 0.1) is 22.1 Å². The number of hydrogen-bond acceptors (Lipinski definition) is 6. The van der Waals surface area contributed by atoms with E-state index in [-0.39, 0.29) is 27.5 Å². The van der Waals surface area contributed by atoms with Crippen molar-refractivity contribution in [3.8, 4) is 6.07 Å². The summed E-state index contributed by atoms with van der Waals surface area (Å²) in [7, 11) is 0. The number of benzene rings is 2. The van der Waals surface area contributed by atoms with E-state index in [1.807, 2.05) is 6.07 Å². The van der Waals surface area contributed by atoms with Crippen LogP contribution in [0.3, 0.4) is 0 Å². The molecule has 0 spiro atoms. The average Bonchev–Trinajstić information content (AvgIpc) is 2.61. The number of amides is 1. The number of carbonyl (C=O) groups is 2. The van der Waals surface area contributed by atoms with E-state index >= 15 is 0 Å². The highest BCUT2D eigenvalue weighted by Gasteiger charge is 2.17. The van der Waals surface area contributed by atoms with E-state index in [2.05, 4.69) is 5.32 Å². The zero-order valence-corrected chi connectivity index (χ0v) is 13.3. The molecule has 2 aromatic carbocycles. The summed E-state index contributed by atoms with van der Waals surface area (Å²) in [6.07, 6.45) is 0. The number of nitrogens with zero attached hydrogens (tertiary/aromatic N) is 2. The van der Waals surface area contributed by atoms with Gasteiger partial charge in [-0.3, -0.25) is 14.9 Å². The lowest BCUT2D eigenvalue weighted by Gasteiger charge is -2.07. The number of halogens is 1. The molecular formula is C16H10ClN3O5. The molecule has 0 aliphatic rings. The first kappa shape index (κ1) is 17.9. The third kappa shape index (κ3) is 4.76. The van der Waals surface area contributed by atoms with Crippen molar-refractivity contribution in [3.05, 3.63) is 68.7 Å². The normalized spacial score (nSPS) is 9.76. The molecular weight excluding hydrogens is 350 g/mol. The van der Waals surface area contributed by atoms with Crippen LogP contribution in [0.5, 0.6) is 0 Å². The molecule has 0 saturated heterocycles. The van der Waals surface area contributed by atoms with Crippen LogP contribution in [-0.2, 0) is 9.53 Å². The molecule has 9 heteroatoms. The number of nitrogens with one attached hydrogen (secondary N) is 1. The Balaban J connectivity index is 2.00. The van der Waals surface area contributed by atoms with Gasteiger partial charge in [0, 0.05) is 11.1 Å². The first-order valence-corrected chi connectivity index (χ1v) is 7.19. The quantitative estimate of drug-likeness (QED) is 0.497. The number of ether oxygens (including phenoxy) is 1. The van der Waals surface area contributed by atoms with E-state index in [1.165, 1.54) is 36.4 Å². The highest BCUT2D eigenvalue weighted by Crippen LogP contribution is 2.27. The van der Waals surface area contributed by atoms with Crippen molar-refractivity contribution in [2.75, 3.05) is 11.9 Å². The number of esters is 1. The molecule has 0 aromatic heterocycles. The summed E-state index contributed by atoms with van der Waals surface area (Å²) >= 11 is 5.68. The maximum Gasteiger partial charge on any atom is 0.338 e. The smallest absolute Gasteiger partial charge is 0.338 e. The first-order chi connectivity index (χ1) is 11.9. The van der Waals surface area contributed by atoms with Crippen molar-refractivity contribution in [2.24, 2.45) is 0 Å². The van der Waals surface area contributed by atoms with Crippen molar-refractivity contribution in [3.63, 3.8) is 0 Å². The highest BCUT2D eigenvalue weighted by atomic mass is 35.5. The molecule has 0 atom stereocenters. The summed E-state index contributed by atoms with van der Waals surface area (Å²) in [5.41, 5.74) is -0.0594. The Morgan fingerprint density at radius 1 is 1.28 bits per heavy atom. The van der Waals surface area contributed by atoms with Crippen LogP contribution in [0.1, 0.15) is 15.9 Å². The van der Waals surface area contributed by atoms with Gasteiger partial charge in [-0.2, -0.15) is 5.26 Å². The van der Waals surface area contributed by atoms with Gasteiger partial charge in [-0.15, -0.1) is 0 Å². The molecule has 25 heavy (non-hydrogen) atoms. The van der Waals surface area contributed by atoms with Crippen LogP contribution in [-0.4, -0.2) is 23.4 Å². The molecule has 126 valence electrons. The number of anilines is 1. The van der Waals surface area contributed by atoms with Crippen molar-refractivity contribution >= 4 is 34.9 Å². The lowest BCUT2D eigenvalue weighted by atomic mass is 10.1. The molecule has 0 fully saturated rings. The molecule has 0 saturated carbocycles. The van der Waals surface area contributed by atoms with Crippen LogP contribution >= 0.6 is 11.6 Å². The Morgan fingerprint density at radius 3 is 2.72 bits per heavy atom. The van der Waals surface area contributed by atoms with Crippen molar-refractivity contribution < 1.29 is 19.2 Å². The summed E-state index contributed by atoms with van der Waals surface area (Å²) in [6.45, 7) is -0.643. The number of nitro benzene ring substituents is 1. The largest absolute Gasteiger partial charge is 0.452 e. The highest BCUT2D eigenvalue weighted by molar-refractivity contribution is 6.31. The Morgan fingerprint density at radius 2 is 2.04 bits per heavy atom. The van der Waals surface area contributed by atoms with Gasteiger partial charge in [-0.1, -0.05) is 17.7 Å². The zero-order valence-electron chi connectivity index (χ0n) is 12.6. The Kier molecular flexibility index (Phi) is 5.66. The van der Waals surface area contributed by atoms with Crippen molar-refractivity contribution in [1.29, 1.82) is 5.26 Å². The third-order valence-corrected chi connectivity index (χ3v) is 3.23. The molecule has 0 aliphatic heterocycles. The van der Waals surface area contributed by atoms with Crippen LogP contribution < -0.4 is 5.32 Å². The number of nitro groups is 1.